The first-order valence-electron chi connectivity index (χ1n) is 6.02. The molecule has 0 fully saturated rings. The Labute approximate surface area is 126 Å². The average Bonchev–Trinajstić information content (AvgIpc) is 2.39. The number of methoxy groups -OCH3 is 1. The van der Waals surface area contributed by atoms with Crippen molar-refractivity contribution in [3.8, 4) is 5.75 Å². The Hall–Kier alpha value is -1.56. The van der Waals surface area contributed by atoms with E-state index in [1.54, 1.807) is 25.3 Å². The van der Waals surface area contributed by atoms with Crippen LogP contribution in [0.2, 0.25) is 0 Å². The molecule has 0 bridgehead atoms. The zero-order chi connectivity index (χ0) is 15.5. The van der Waals surface area contributed by atoms with E-state index in [2.05, 4.69) is 15.9 Å². The normalized spacial score (nSPS) is 11.1. The monoisotopic (exact) mass is 343 g/mol. The highest BCUT2D eigenvalue weighted by Gasteiger charge is 2.35. The molecule has 1 amide bonds. The van der Waals surface area contributed by atoms with E-state index in [0.29, 0.717) is 5.75 Å². The molecule has 20 heavy (non-hydrogen) atoms. The van der Waals surface area contributed by atoms with Gasteiger partial charge in [0.15, 0.2) is 0 Å². The van der Waals surface area contributed by atoms with Crippen molar-refractivity contribution in [2.75, 3.05) is 14.2 Å². The van der Waals surface area contributed by atoms with Crippen molar-refractivity contribution in [2.45, 2.75) is 25.8 Å². The second-order valence-electron chi connectivity index (χ2n) is 4.95. The molecule has 0 radical (unpaired) electrons. The summed E-state index contributed by atoms with van der Waals surface area (Å²) in [6, 6.07) is 5.33. The summed E-state index contributed by atoms with van der Waals surface area (Å²) < 4.78 is 5.90. The molecule has 0 saturated heterocycles. The van der Waals surface area contributed by atoms with E-state index in [1.165, 1.54) is 25.8 Å². The number of benzene rings is 1. The summed E-state index contributed by atoms with van der Waals surface area (Å²) in [5.41, 5.74) is -0.495. The first kappa shape index (κ1) is 16.5. The van der Waals surface area contributed by atoms with Gasteiger partial charge in [0.05, 0.1) is 13.5 Å². The molecule has 0 unspecified atom stereocenters. The Morgan fingerprint density at radius 1 is 1.40 bits per heavy atom. The zero-order valence-corrected chi connectivity index (χ0v) is 13.5. The fourth-order valence-electron chi connectivity index (χ4n) is 1.55. The number of carboxylic acids is 1. The van der Waals surface area contributed by atoms with Crippen LogP contribution in [0.5, 0.6) is 5.75 Å². The first-order valence-corrected chi connectivity index (χ1v) is 6.82. The van der Waals surface area contributed by atoms with E-state index in [1.807, 2.05) is 0 Å². The number of carbonyl (C=O) groups excluding carboxylic acids is 1. The molecular weight excluding hydrogens is 326 g/mol. The molecule has 1 aromatic carbocycles. The topological polar surface area (TPSA) is 66.8 Å². The third-order valence-electron chi connectivity index (χ3n) is 3.33. The van der Waals surface area contributed by atoms with E-state index < -0.39 is 11.5 Å². The van der Waals surface area contributed by atoms with Crippen LogP contribution in [0.15, 0.2) is 22.7 Å². The van der Waals surface area contributed by atoms with Crippen molar-refractivity contribution in [1.82, 2.24) is 4.90 Å². The van der Waals surface area contributed by atoms with Crippen molar-refractivity contribution in [1.29, 1.82) is 0 Å². The lowest BCUT2D eigenvalue weighted by Gasteiger charge is -2.31. The van der Waals surface area contributed by atoms with Gasteiger partial charge in [-0.2, -0.15) is 0 Å². The van der Waals surface area contributed by atoms with Crippen molar-refractivity contribution >= 4 is 27.8 Å². The molecule has 6 heteroatoms. The molecule has 0 aliphatic carbocycles. The van der Waals surface area contributed by atoms with Gasteiger partial charge in [0.25, 0.3) is 0 Å². The SMILES string of the molecule is COc1ccc(Br)c(CC(=O)N(C)C(C)(C)C(=O)O)c1. The Morgan fingerprint density at radius 3 is 2.50 bits per heavy atom. The number of hydrogen-bond donors (Lipinski definition) is 1. The smallest absolute Gasteiger partial charge is 0.329 e. The summed E-state index contributed by atoms with van der Waals surface area (Å²) in [5.74, 6) is -0.666. The number of amides is 1. The third kappa shape index (κ3) is 3.50. The number of aliphatic carboxylic acids is 1. The highest BCUT2D eigenvalue weighted by molar-refractivity contribution is 9.10. The minimum absolute atomic E-state index is 0.102. The average molecular weight is 344 g/mol. The van der Waals surface area contributed by atoms with Crippen LogP contribution >= 0.6 is 15.9 Å². The van der Waals surface area contributed by atoms with Gasteiger partial charge in [0, 0.05) is 11.5 Å². The van der Waals surface area contributed by atoms with Crippen LogP contribution in [0.3, 0.4) is 0 Å². The summed E-state index contributed by atoms with van der Waals surface area (Å²) in [5, 5.41) is 9.14. The molecule has 0 aliphatic heterocycles. The standard InChI is InChI=1S/C14H18BrNO4/c1-14(2,13(18)19)16(3)12(17)8-9-7-10(20-4)5-6-11(9)15/h5-7H,8H2,1-4H3,(H,18,19). The van der Waals surface area contributed by atoms with Gasteiger partial charge < -0.3 is 14.7 Å². The van der Waals surface area contributed by atoms with E-state index in [-0.39, 0.29) is 12.3 Å². The number of ether oxygens (including phenoxy) is 1. The summed E-state index contributed by atoms with van der Waals surface area (Å²) >= 11 is 3.37. The fourth-order valence-corrected chi connectivity index (χ4v) is 1.94. The molecule has 110 valence electrons. The van der Waals surface area contributed by atoms with E-state index in [9.17, 15) is 9.59 Å². The second-order valence-corrected chi connectivity index (χ2v) is 5.81. The Balaban J connectivity index is 2.93. The van der Waals surface area contributed by atoms with Gasteiger partial charge in [-0.1, -0.05) is 15.9 Å². The Kier molecular flexibility index (Phi) is 5.16. The van der Waals surface area contributed by atoms with Gasteiger partial charge in [0.2, 0.25) is 5.91 Å². The maximum atomic E-state index is 12.2. The van der Waals surface area contributed by atoms with Crippen LogP contribution < -0.4 is 4.74 Å². The minimum atomic E-state index is -1.25. The lowest BCUT2D eigenvalue weighted by Crippen LogP contribution is -2.51. The predicted octanol–water partition coefficient (Wildman–Crippen LogP) is 2.32. The molecule has 0 aromatic heterocycles. The van der Waals surface area contributed by atoms with Crippen LogP contribution in [0, 0.1) is 0 Å². The Bertz CT molecular complexity index is 528. The van der Waals surface area contributed by atoms with Gasteiger partial charge >= 0.3 is 5.97 Å². The van der Waals surface area contributed by atoms with Crippen LogP contribution in [-0.2, 0) is 16.0 Å². The highest BCUT2D eigenvalue weighted by Crippen LogP contribution is 2.24. The van der Waals surface area contributed by atoms with Crippen LogP contribution in [0.1, 0.15) is 19.4 Å². The molecular formula is C14H18BrNO4. The number of likely N-dealkylation sites (N-methyl/N-ethyl adjacent to an activating group) is 1. The first-order chi connectivity index (χ1) is 9.20. The lowest BCUT2D eigenvalue weighted by atomic mass is 10.0. The van der Waals surface area contributed by atoms with Crippen molar-refractivity contribution in [3.05, 3.63) is 28.2 Å². The number of rotatable bonds is 5. The van der Waals surface area contributed by atoms with Gasteiger partial charge in [-0.3, -0.25) is 4.79 Å². The third-order valence-corrected chi connectivity index (χ3v) is 4.10. The van der Waals surface area contributed by atoms with Crippen LogP contribution in [0.4, 0.5) is 0 Å². The number of carboxylic acid groups (broad SMARTS) is 1. The molecule has 0 spiro atoms. The van der Waals surface area contributed by atoms with Crippen molar-refractivity contribution < 1.29 is 19.4 Å². The molecule has 0 aliphatic rings. The molecule has 1 aromatic rings. The number of carbonyl (C=O) groups is 2. The molecule has 0 saturated carbocycles. The zero-order valence-electron chi connectivity index (χ0n) is 11.9. The largest absolute Gasteiger partial charge is 0.497 e. The van der Waals surface area contributed by atoms with Gasteiger partial charge in [-0.15, -0.1) is 0 Å². The predicted molar refractivity (Wildman–Crippen MR) is 78.9 cm³/mol. The number of halogens is 1. The molecule has 5 nitrogen and oxygen atoms in total. The Morgan fingerprint density at radius 2 is 2.00 bits per heavy atom. The van der Waals surface area contributed by atoms with E-state index in [0.717, 1.165) is 10.0 Å². The summed E-state index contributed by atoms with van der Waals surface area (Å²) in [7, 11) is 3.04. The van der Waals surface area contributed by atoms with E-state index in [4.69, 9.17) is 9.84 Å². The van der Waals surface area contributed by atoms with Crippen LogP contribution in [0.25, 0.3) is 0 Å². The van der Waals surface area contributed by atoms with Crippen molar-refractivity contribution in [2.24, 2.45) is 0 Å². The summed E-state index contributed by atoms with van der Waals surface area (Å²) in [6.07, 6.45) is 0.102. The highest BCUT2D eigenvalue weighted by atomic mass is 79.9. The fraction of sp³-hybridized carbons (Fsp3) is 0.429. The van der Waals surface area contributed by atoms with E-state index >= 15 is 0 Å². The van der Waals surface area contributed by atoms with Gasteiger partial charge in [-0.05, 0) is 37.6 Å². The number of nitrogens with zero attached hydrogens (tertiary/aromatic N) is 1. The van der Waals surface area contributed by atoms with Crippen molar-refractivity contribution in [3.63, 3.8) is 0 Å². The number of hydrogen-bond acceptors (Lipinski definition) is 3. The van der Waals surface area contributed by atoms with Gasteiger partial charge in [-0.25, -0.2) is 4.79 Å². The van der Waals surface area contributed by atoms with Crippen LogP contribution in [-0.4, -0.2) is 41.6 Å². The summed E-state index contributed by atoms with van der Waals surface area (Å²) in [6.45, 7) is 2.99. The molecule has 1 N–H and O–H groups in total. The lowest BCUT2D eigenvalue weighted by molar-refractivity contribution is -0.155. The van der Waals surface area contributed by atoms with Gasteiger partial charge in [0.1, 0.15) is 11.3 Å². The quantitative estimate of drug-likeness (QED) is 0.890. The molecule has 0 atom stereocenters. The molecule has 0 heterocycles. The minimum Gasteiger partial charge on any atom is -0.497 e. The second kappa shape index (κ2) is 6.26. The molecule has 1 rings (SSSR count). The summed E-state index contributed by atoms with van der Waals surface area (Å²) in [4.78, 5) is 24.6. The maximum absolute atomic E-state index is 12.2. The maximum Gasteiger partial charge on any atom is 0.329 e.